The number of alkyl halides is 1. The quantitative estimate of drug-likeness (QED) is 0.526. The van der Waals surface area contributed by atoms with Crippen molar-refractivity contribution in [2.24, 2.45) is 5.92 Å². The second-order valence-electron chi connectivity index (χ2n) is 5.11. The van der Waals surface area contributed by atoms with Gasteiger partial charge in [-0.15, -0.1) is 11.6 Å². The summed E-state index contributed by atoms with van der Waals surface area (Å²) < 4.78 is 0. The molecule has 2 heteroatoms. The number of likely N-dealkylation sites (tertiary alicyclic amines) is 1. The molecule has 1 nitrogen and oxygen atoms in total. The molecule has 0 radical (unpaired) electrons. The molecule has 1 unspecified atom stereocenters. The third-order valence-electron chi connectivity index (χ3n) is 3.97. The summed E-state index contributed by atoms with van der Waals surface area (Å²) in [6, 6.07) is 0.840. The van der Waals surface area contributed by atoms with Crippen molar-refractivity contribution in [2.45, 2.75) is 44.6 Å². The molecule has 1 saturated heterocycles. The van der Waals surface area contributed by atoms with Crippen LogP contribution >= 0.6 is 11.6 Å². The molecule has 0 bridgehead atoms. The predicted octanol–water partition coefficient (Wildman–Crippen LogP) is 3.44. The molecule has 0 aromatic rings. The monoisotopic (exact) mass is 227 g/mol. The Hall–Kier alpha value is -0.0100. The van der Waals surface area contributed by atoms with E-state index >= 15 is 0 Å². The zero-order valence-electron chi connectivity index (χ0n) is 9.55. The topological polar surface area (TPSA) is 3.24 Å². The van der Waals surface area contributed by atoms with E-state index in [1.54, 1.807) is 0 Å². The minimum absolute atomic E-state index is 0.619. The van der Waals surface area contributed by atoms with Crippen molar-refractivity contribution in [1.29, 1.82) is 0 Å². The normalized spacial score (nSPS) is 28.7. The molecule has 0 spiro atoms. The Bertz CT molecular complexity index is 221. The van der Waals surface area contributed by atoms with E-state index in [0.717, 1.165) is 18.5 Å². The molecule has 1 aliphatic heterocycles. The highest BCUT2D eigenvalue weighted by molar-refractivity contribution is 6.19. The smallest absolute Gasteiger partial charge is 0.0443 e. The second kappa shape index (κ2) is 5.36. The van der Waals surface area contributed by atoms with Crippen LogP contribution in [0.1, 0.15) is 38.5 Å². The Morgan fingerprint density at radius 1 is 1.20 bits per heavy atom. The standard InChI is InChI=1S/C13H22ClN/c1-11(9-14)10-15-8-4-7-13(15)12-5-2-3-6-12/h12-13H,1-10H2. The average Bonchev–Trinajstić information content (AvgIpc) is 2.86. The van der Waals surface area contributed by atoms with Gasteiger partial charge in [-0.2, -0.15) is 0 Å². The zero-order chi connectivity index (χ0) is 10.7. The van der Waals surface area contributed by atoms with Gasteiger partial charge < -0.3 is 0 Å². The summed E-state index contributed by atoms with van der Waals surface area (Å²) in [6.07, 6.45) is 8.58. The molecule has 2 rings (SSSR count). The van der Waals surface area contributed by atoms with Gasteiger partial charge in [0.15, 0.2) is 0 Å². The summed E-state index contributed by atoms with van der Waals surface area (Å²) in [5.41, 5.74) is 1.18. The lowest BCUT2D eigenvalue weighted by Crippen LogP contribution is -2.36. The number of hydrogen-bond acceptors (Lipinski definition) is 1. The highest BCUT2D eigenvalue weighted by Gasteiger charge is 2.32. The molecule has 2 aliphatic rings. The van der Waals surface area contributed by atoms with Crippen LogP contribution in [0.15, 0.2) is 12.2 Å². The van der Waals surface area contributed by atoms with Crippen molar-refractivity contribution < 1.29 is 0 Å². The van der Waals surface area contributed by atoms with Crippen LogP contribution in [0, 0.1) is 5.92 Å². The molecule has 0 aromatic carbocycles. The summed E-state index contributed by atoms with van der Waals surface area (Å²) in [4.78, 5) is 2.63. The van der Waals surface area contributed by atoms with Crippen molar-refractivity contribution in [3.05, 3.63) is 12.2 Å². The van der Waals surface area contributed by atoms with Crippen LogP contribution in [-0.4, -0.2) is 29.9 Å². The van der Waals surface area contributed by atoms with Crippen molar-refractivity contribution in [3.8, 4) is 0 Å². The Morgan fingerprint density at radius 3 is 2.60 bits per heavy atom. The molecule has 1 saturated carbocycles. The van der Waals surface area contributed by atoms with Gasteiger partial charge in [0.25, 0.3) is 0 Å². The number of rotatable bonds is 4. The third-order valence-corrected chi connectivity index (χ3v) is 4.35. The second-order valence-corrected chi connectivity index (χ2v) is 5.38. The van der Waals surface area contributed by atoms with Gasteiger partial charge in [0.2, 0.25) is 0 Å². The van der Waals surface area contributed by atoms with Gasteiger partial charge in [-0.05, 0) is 43.7 Å². The van der Waals surface area contributed by atoms with Crippen molar-refractivity contribution in [1.82, 2.24) is 4.90 Å². The van der Waals surface area contributed by atoms with E-state index in [0.29, 0.717) is 5.88 Å². The van der Waals surface area contributed by atoms with E-state index in [1.165, 1.54) is 50.6 Å². The minimum atomic E-state index is 0.619. The fourth-order valence-corrected chi connectivity index (χ4v) is 3.34. The van der Waals surface area contributed by atoms with Gasteiger partial charge in [-0.1, -0.05) is 19.4 Å². The van der Waals surface area contributed by atoms with Crippen LogP contribution in [0.3, 0.4) is 0 Å². The van der Waals surface area contributed by atoms with Gasteiger partial charge in [0.05, 0.1) is 0 Å². The molecule has 15 heavy (non-hydrogen) atoms. The fourth-order valence-electron chi connectivity index (χ4n) is 3.25. The molecular weight excluding hydrogens is 206 g/mol. The summed E-state index contributed by atoms with van der Waals surface area (Å²) in [7, 11) is 0. The molecule has 0 amide bonds. The van der Waals surface area contributed by atoms with E-state index in [1.807, 2.05) is 0 Å². The van der Waals surface area contributed by atoms with Crippen molar-refractivity contribution in [2.75, 3.05) is 19.0 Å². The molecule has 86 valence electrons. The third kappa shape index (κ3) is 2.76. The summed E-state index contributed by atoms with van der Waals surface area (Å²) in [6.45, 7) is 6.32. The van der Waals surface area contributed by atoms with Gasteiger partial charge >= 0.3 is 0 Å². The molecular formula is C13H22ClN. The first kappa shape index (κ1) is 11.5. The maximum atomic E-state index is 5.81. The number of halogens is 1. The average molecular weight is 228 g/mol. The highest BCUT2D eigenvalue weighted by Crippen LogP contribution is 2.35. The molecule has 0 aromatic heterocycles. The van der Waals surface area contributed by atoms with Gasteiger partial charge in [0, 0.05) is 18.5 Å². The highest BCUT2D eigenvalue weighted by atomic mass is 35.5. The summed E-state index contributed by atoms with van der Waals surface area (Å²) >= 11 is 5.81. The first-order valence-corrected chi connectivity index (χ1v) is 6.81. The fraction of sp³-hybridized carbons (Fsp3) is 0.846. The maximum Gasteiger partial charge on any atom is 0.0443 e. The van der Waals surface area contributed by atoms with Crippen LogP contribution in [0.5, 0.6) is 0 Å². The minimum Gasteiger partial charge on any atom is -0.296 e. The lowest BCUT2D eigenvalue weighted by Gasteiger charge is -2.29. The number of hydrogen-bond donors (Lipinski definition) is 0. The van der Waals surface area contributed by atoms with E-state index in [9.17, 15) is 0 Å². The maximum absolute atomic E-state index is 5.81. The van der Waals surface area contributed by atoms with Crippen LogP contribution in [0.4, 0.5) is 0 Å². The zero-order valence-corrected chi connectivity index (χ0v) is 10.3. The van der Waals surface area contributed by atoms with Gasteiger partial charge in [0.1, 0.15) is 0 Å². The van der Waals surface area contributed by atoms with Crippen LogP contribution < -0.4 is 0 Å². The molecule has 1 aliphatic carbocycles. The Labute approximate surface area is 98.5 Å². The first-order valence-electron chi connectivity index (χ1n) is 6.28. The Balaban J connectivity index is 1.89. The lowest BCUT2D eigenvalue weighted by molar-refractivity contribution is 0.205. The SMILES string of the molecule is C=C(CCl)CN1CCCC1C1CCCC1. The Morgan fingerprint density at radius 2 is 1.93 bits per heavy atom. The summed E-state index contributed by atoms with van der Waals surface area (Å²) in [5.74, 6) is 1.59. The van der Waals surface area contributed by atoms with E-state index < -0.39 is 0 Å². The van der Waals surface area contributed by atoms with E-state index in [4.69, 9.17) is 11.6 Å². The largest absolute Gasteiger partial charge is 0.296 e. The lowest BCUT2D eigenvalue weighted by atomic mass is 9.96. The molecule has 2 fully saturated rings. The van der Waals surface area contributed by atoms with E-state index in [-0.39, 0.29) is 0 Å². The number of nitrogens with zero attached hydrogens (tertiary/aromatic N) is 1. The summed E-state index contributed by atoms with van der Waals surface area (Å²) in [5, 5.41) is 0. The molecule has 1 heterocycles. The Kier molecular flexibility index (Phi) is 4.10. The molecule has 1 atom stereocenters. The van der Waals surface area contributed by atoms with Crippen molar-refractivity contribution >= 4 is 11.6 Å². The van der Waals surface area contributed by atoms with Crippen LogP contribution in [0.2, 0.25) is 0 Å². The van der Waals surface area contributed by atoms with Gasteiger partial charge in [-0.25, -0.2) is 0 Å². The van der Waals surface area contributed by atoms with Gasteiger partial charge in [-0.3, -0.25) is 4.90 Å². The van der Waals surface area contributed by atoms with Crippen molar-refractivity contribution in [3.63, 3.8) is 0 Å². The van der Waals surface area contributed by atoms with E-state index in [2.05, 4.69) is 11.5 Å². The van der Waals surface area contributed by atoms with Crippen LogP contribution in [0.25, 0.3) is 0 Å². The molecule has 0 N–H and O–H groups in total. The predicted molar refractivity (Wildman–Crippen MR) is 66.4 cm³/mol. The van der Waals surface area contributed by atoms with Crippen LogP contribution in [-0.2, 0) is 0 Å². The first-order chi connectivity index (χ1) is 7.31.